The molecule has 0 saturated carbocycles. The molecule has 1 aliphatic heterocycles. The summed E-state index contributed by atoms with van der Waals surface area (Å²) in [6.07, 6.45) is 2.27. The van der Waals surface area contributed by atoms with Crippen LogP contribution in [0.1, 0.15) is 42.5 Å². The quantitative estimate of drug-likeness (QED) is 0.196. The van der Waals surface area contributed by atoms with E-state index in [1.54, 1.807) is 14.2 Å². The van der Waals surface area contributed by atoms with E-state index in [1.165, 1.54) is 0 Å². The molecule has 0 saturated heterocycles. The molecule has 4 aromatic carbocycles. The van der Waals surface area contributed by atoms with Crippen LogP contribution in [0.3, 0.4) is 0 Å². The molecular formula is C35H35NO4. The van der Waals surface area contributed by atoms with E-state index in [0.29, 0.717) is 18.8 Å². The second kappa shape index (κ2) is 11.0. The first-order chi connectivity index (χ1) is 19.4. The molecule has 5 heteroatoms. The van der Waals surface area contributed by atoms with Gasteiger partial charge in [-0.25, -0.2) is 0 Å². The van der Waals surface area contributed by atoms with Crippen LogP contribution in [-0.4, -0.2) is 20.1 Å². The molecule has 1 amide bonds. The van der Waals surface area contributed by atoms with E-state index >= 15 is 0 Å². The fourth-order valence-electron chi connectivity index (χ4n) is 5.50. The smallest absolute Gasteiger partial charge is 0.247 e. The molecule has 40 heavy (non-hydrogen) atoms. The SMILES string of the molecule is C=CC[C@@]1(c2ccc(OC)cc2)C(=O)N(c2ccc(OCc3ccccc3)cc2C(C)(C)OC)c2ccccc21. The van der Waals surface area contributed by atoms with Crippen molar-refractivity contribution in [1.29, 1.82) is 0 Å². The second-order valence-corrected chi connectivity index (χ2v) is 10.5. The van der Waals surface area contributed by atoms with Crippen molar-refractivity contribution in [2.75, 3.05) is 19.1 Å². The molecule has 0 N–H and O–H groups in total. The van der Waals surface area contributed by atoms with Crippen LogP contribution in [0.4, 0.5) is 11.4 Å². The zero-order chi connectivity index (χ0) is 28.3. The van der Waals surface area contributed by atoms with Gasteiger partial charge in [0.25, 0.3) is 0 Å². The number of fused-ring (bicyclic) bond motifs is 1. The lowest BCUT2D eigenvalue weighted by Gasteiger charge is -2.32. The van der Waals surface area contributed by atoms with Crippen molar-refractivity contribution in [3.63, 3.8) is 0 Å². The maximum absolute atomic E-state index is 14.8. The van der Waals surface area contributed by atoms with Crippen molar-refractivity contribution in [3.8, 4) is 11.5 Å². The number of carbonyl (C=O) groups is 1. The normalized spacial score (nSPS) is 16.5. The minimum Gasteiger partial charge on any atom is -0.497 e. The Morgan fingerprint density at radius 3 is 2.20 bits per heavy atom. The number of ether oxygens (including phenoxy) is 3. The summed E-state index contributed by atoms with van der Waals surface area (Å²) in [6, 6.07) is 31.7. The van der Waals surface area contributed by atoms with E-state index in [2.05, 4.69) is 6.58 Å². The lowest BCUT2D eigenvalue weighted by molar-refractivity contribution is -0.121. The van der Waals surface area contributed by atoms with Crippen molar-refractivity contribution < 1.29 is 19.0 Å². The average Bonchev–Trinajstić information content (AvgIpc) is 3.24. The molecule has 4 aromatic rings. The van der Waals surface area contributed by atoms with E-state index in [9.17, 15) is 4.79 Å². The third-order valence-corrected chi connectivity index (χ3v) is 7.82. The summed E-state index contributed by atoms with van der Waals surface area (Å²) in [5.41, 5.74) is 3.75. The first kappa shape index (κ1) is 27.2. The molecule has 0 unspecified atom stereocenters. The maximum Gasteiger partial charge on any atom is 0.247 e. The molecule has 0 radical (unpaired) electrons. The Kier molecular flexibility index (Phi) is 7.51. The van der Waals surface area contributed by atoms with E-state index in [0.717, 1.165) is 39.4 Å². The van der Waals surface area contributed by atoms with Gasteiger partial charge in [-0.3, -0.25) is 9.69 Å². The number of methoxy groups -OCH3 is 2. The fraction of sp³-hybridized carbons (Fsp3) is 0.229. The summed E-state index contributed by atoms with van der Waals surface area (Å²) < 4.78 is 17.5. The number of anilines is 2. The first-order valence-electron chi connectivity index (χ1n) is 13.4. The number of hydrogen-bond donors (Lipinski definition) is 0. The van der Waals surface area contributed by atoms with E-state index in [1.807, 2.05) is 122 Å². The predicted molar refractivity (Wildman–Crippen MR) is 159 cm³/mol. The Morgan fingerprint density at radius 1 is 0.850 bits per heavy atom. The number of hydrogen-bond acceptors (Lipinski definition) is 4. The molecule has 0 aromatic heterocycles. The van der Waals surface area contributed by atoms with Gasteiger partial charge in [-0.15, -0.1) is 6.58 Å². The number of benzene rings is 4. The van der Waals surface area contributed by atoms with E-state index in [4.69, 9.17) is 14.2 Å². The Hall–Kier alpha value is -4.35. The summed E-state index contributed by atoms with van der Waals surface area (Å²) in [6.45, 7) is 8.47. The Bertz CT molecular complexity index is 1510. The van der Waals surface area contributed by atoms with Crippen LogP contribution >= 0.6 is 0 Å². The molecule has 0 aliphatic carbocycles. The van der Waals surface area contributed by atoms with Crippen LogP contribution in [0.2, 0.25) is 0 Å². The highest BCUT2D eigenvalue weighted by Crippen LogP contribution is 2.53. The highest BCUT2D eigenvalue weighted by Gasteiger charge is 2.52. The molecule has 0 fully saturated rings. The number of carbonyl (C=O) groups excluding carboxylic acids is 1. The van der Waals surface area contributed by atoms with Gasteiger partial charge in [0.15, 0.2) is 0 Å². The lowest BCUT2D eigenvalue weighted by Crippen LogP contribution is -2.40. The molecule has 204 valence electrons. The zero-order valence-electron chi connectivity index (χ0n) is 23.5. The van der Waals surface area contributed by atoms with Crippen LogP contribution in [0.5, 0.6) is 11.5 Å². The topological polar surface area (TPSA) is 48.0 Å². The summed E-state index contributed by atoms with van der Waals surface area (Å²) in [7, 11) is 3.32. The van der Waals surface area contributed by atoms with Gasteiger partial charge in [-0.2, -0.15) is 0 Å². The van der Waals surface area contributed by atoms with Gasteiger partial charge in [-0.05, 0) is 73.4 Å². The first-order valence-corrected chi connectivity index (χ1v) is 13.4. The lowest BCUT2D eigenvalue weighted by atomic mass is 9.73. The summed E-state index contributed by atoms with van der Waals surface area (Å²) >= 11 is 0. The van der Waals surface area contributed by atoms with Crippen molar-refractivity contribution in [1.82, 2.24) is 0 Å². The van der Waals surface area contributed by atoms with Crippen molar-refractivity contribution >= 4 is 17.3 Å². The summed E-state index contributed by atoms with van der Waals surface area (Å²) in [5, 5.41) is 0. The standard InChI is InChI=1S/C35H35NO4/c1-6-22-35(26-16-18-27(38-4)19-17-26)29-14-10-11-15-31(29)36(33(35)37)32-21-20-28(23-30(32)34(2,3)39-5)40-24-25-12-8-7-9-13-25/h6-21,23H,1,22,24H2,2-5H3/t35-/m0/s1. The minimum absolute atomic E-state index is 0.0372. The van der Waals surface area contributed by atoms with E-state index in [-0.39, 0.29) is 5.91 Å². The van der Waals surface area contributed by atoms with Crippen LogP contribution in [0.25, 0.3) is 0 Å². The largest absolute Gasteiger partial charge is 0.497 e. The third-order valence-electron chi connectivity index (χ3n) is 7.82. The van der Waals surface area contributed by atoms with Gasteiger partial charge < -0.3 is 14.2 Å². The highest BCUT2D eigenvalue weighted by atomic mass is 16.5. The number of para-hydroxylation sites is 1. The number of nitrogens with zero attached hydrogens (tertiary/aromatic N) is 1. The fourth-order valence-corrected chi connectivity index (χ4v) is 5.50. The molecule has 5 rings (SSSR count). The number of rotatable bonds is 10. The maximum atomic E-state index is 14.8. The number of allylic oxidation sites excluding steroid dienone is 1. The molecule has 0 spiro atoms. The van der Waals surface area contributed by atoms with Crippen LogP contribution in [0.15, 0.2) is 110 Å². The van der Waals surface area contributed by atoms with Crippen LogP contribution in [0, 0.1) is 0 Å². The average molecular weight is 534 g/mol. The Labute approximate surface area is 236 Å². The molecule has 1 heterocycles. The molecular weight excluding hydrogens is 498 g/mol. The molecule has 1 atom stereocenters. The van der Waals surface area contributed by atoms with Crippen molar-refractivity contribution in [2.45, 2.75) is 37.9 Å². The monoisotopic (exact) mass is 533 g/mol. The molecule has 0 bridgehead atoms. The van der Waals surface area contributed by atoms with Crippen molar-refractivity contribution in [2.24, 2.45) is 0 Å². The van der Waals surface area contributed by atoms with Crippen LogP contribution in [-0.2, 0) is 27.2 Å². The second-order valence-electron chi connectivity index (χ2n) is 10.5. The van der Waals surface area contributed by atoms with Gasteiger partial charge in [0.2, 0.25) is 5.91 Å². The zero-order valence-corrected chi connectivity index (χ0v) is 23.5. The minimum atomic E-state index is -0.929. The van der Waals surface area contributed by atoms with Crippen molar-refractivity contribution in [3.05, 3.63) is 132 Å². The molecule has 1 aliphatic rings. The van der Waals surface area contributed by atoms with E-state index < -0.39 is 11.0 Å². The van der Waals surface area contributed by atoms with Gasteiger partial charge in [0, 0.05) is 12.7 Å². The summed E-state index contributed by atoms with van der Waals surface area (Å²) in [5.74, 6) is 1.41. The third kappa shape index (κ3) is 4.67. The van der Waals surface area contributed by atoms with Gasteiger partial charge in [0.05, 0.1) is 24.1 Å². The van der Waals surface area contributed by atoms with Gasteiger partial charge in [-0.1, -0.05) is 66.7 Å². The number of amides is 1. The Balaban J connectivity index is 1.64. The molecule has 5 nitrogen and oxygen atoms in total. The predicted octanol–water partition coefficient (Wildman–Crippen LogP) is 7.70. The van der Waals surface area contributed by atoms with Gasteiger partial charge in [0.1, 0.15) is 23.5 Å². The van der Waals surface area contributed by atoms with Gasteiger partial charge >= 0.3 is 0 Å². The highest BCUT2D eigenvalue weighted by molar-refractivity contribution is 6.15. The van der Waals surface area contributed by atoms with Crippen LogP contribution < -0.4 is 14.4 Å². The summed E-state index contributed by atoms with van der Waals surface area (Å²) in [4.78, 5) is 16.6. The Morgan fingerprint density at radius 2 is 1.52 bits per heavy atom.